The number of nitrogens with one attached hydrogen (secondary N) is 1. The number of nitrogens with zero attached hydrogens (tertiary/aromatic N) is 4. The number of hydrogen-bond acceptors (Lipinski definition) is 5. The number of piperidine rings is 1. The van der Waals surface area contributed by atoms with Gasteiger partial charge in [-0.3, -0.25) is 19.4 Å². The summed E-state index contributed by atoms with van der Waals surface area (Å²) in [5.74, 6) is 0.246. The lowest BCUT2D eigenvalue weighted by molar-refractivity contribution is -0.118. The van der Waals surface area contributed by atoms with Crippen LogP contribution in [0.2, 0.25) is 0 Å². The van der Waals surface area contributed by atoms with Gasteiger partial charge in [-0.05, 0) is 82.2 Å². The molecule has 2 aliphatic heterocycles. The van der Waals surface area contributed by atoms with Crippen LogP contribution in [0.1, 0.15) is 61.9 Å². The fourth-order valence-electron chi connectivity index (χ4n) is 5.13. The van der Waals surface area contributed by atoms with Crippen molar-refractivity contribution < 1.29 is 9.59 Å². The first-order valence-corrected chi connectivity index (χ1v) is 12.7. The number of benzene rings is 1. The van der Waals surface area contributed by atoms with Gasteiger partial charge in [-0.15, -0.1) is 0 Å². The van der Waals surface area contributed by atoms with E-state index in [-0.39, 0.29) is 11.8 Å². The number of hydrogen-bond donors (Lipinski definition) is 1. The third-order valence-corrected chi connectivity index (χ3v) is 7.08. The van der Waals surface area contributed by atoms with Crippen LogP contribution in [0, 0.1) is 6.92 Å². The van der Waals surface area contributed by atoms with Crippen LogP contribution in [-0.2, 0) is 4.79 Å². The summed E-state index contributed by atoms with van der Waals surface area (Å²) >= 11 is 0. The summed E-state index contributed by atoms with van der Waals surface area (Å²) in [4.78, 5) is 37.7. The van der Waals surface area contributed by atoms with Gasteiger partial charge in [0.2, 0.25) is 5.91 Å². The number of amides is 2. The van der Waals surface area contributed by atoms with Crippen molar-refractivity contribution in [1.29, 1.82) is 0 Å². The lowest BCUT2D eigenvalue weighted by Gasteiger charge is -2.38. The molecule has 182 valence electrons. The molecule has 1 aromatic heterocycles. The number of carbonyl (C=O) groups is 2. The smallest absolute Gasteiger partial charge is 0.257 e. The molecule has 0 aliphatic carbocycles. The molecule has 34 heavy (non-hydrogen) atoms. The van der Waals surface area contributed by atoms with Crippen LogP contribution in [-0.4, -0.2) is 65.4 Å². The molecule has 1 aromatic carbocycles. The lowest BCUT2D eigenvalue weighted by Crippen LogP contribution is -2.47. The maximum Gasteiger partial charge on any atom is 0.257 e. The Morgan fingerprint density at radius 3 is 2.82 bits per heavy atom. The van der Waals surface area contributed by atoms with E-state index in [2.05, 4.69) is 33.9 Å². The van der Waals surface area contributed by atoms with E-state index in [4.69, 9.17) is 0 Å². The average Bonchev–Trinajstić information content (AvgIpc) is 2.96. The van der Waals surface area contributed by atoms with E-state index in [9.17, 15) is 9.59 Å². The Hall–Kier alpha value is -2.77. The van der Waals surface area contributed by atoms with Gasteiger partial charge in [0.1, 0.15) is 0 Å². The van der Waals surface area contributed by atoms with Crippen LogP contribution in [0.25, 0.3) is 0 Å². The zero-order valence-electron chi connectivity index (χ0n) is 20.7. The van der Waals surface area contributed by atoms with Gasteiger partial charge in [0.15, 0.2) is 5.82 Å². The Balaban J connectivity index is 1.50. The fraction of sp³-hybridized carbons (Fsp3) is 0.519. The lowest BCUT2D eigenvalue weighted by atomic mass is 10.0. The molecule has 1 N–H and O–H groups in total. The quantitative estimate of drug-likeness (QED) is 0.620. The van der Waals surface area contributed by atoms with Gasteiger partial charge in [0.05, 0.1) is 16.9 Å². The third kappa shape index (κ3) is 5.31. The summed E-state index contributed by atoms with van der Waals surface area (Å²) in [6.45, 7) is 11.7. The number of rotatable bonds is 8. The van der Waals surface area contributed by atoms with Crippen molar-refractivity contribution in [2.24, 2.45) is 0 Å². The molecule has 4 rings (SSSR count). The first kappa shape index (κ1) is 24.4. The number of anilines is 3. The van der Waals surface area contributed by atoms with E-state index in [1.165, 1.54) is 19.3 Å². The second-order valence-electron chi connectivity index (χ2n) is 9.35. The van der Waals surface area contributed by atoms with E-state index in [1.807, 2.05) is 19.1 Å². The Morgan fingerprint density at radius 2 is 2.03 bits per heavy atom. The summed E-state index contributed by atoms with van der Waals surface area (Å²) in [6.07, 6.45) is 6.61. The molecule has 0 saturated carbocycles. The molecule has 0 bridgehead atoms. The van der Waals surface area contributed by atoms with Crippen LogP contribution >= 0.6 is 0 Å². The summed E-state index contributed by atoms with van der Waals surface area (Å²) in [5.41, 5.74) is 2.66. The molecular formula is C27H37N5O2. The number of likely N-dealkylation sites (tertiary alicyclic amines) is 1. The van der Waals surface area contributed by atoms with Gasteiger partial charge in [-0.25, -0.2) is 4.98 Å². The highest BCUT2D eigenvalue weighted by Crippen LogP contribution is 2.37. The van der Waals surface area contributed by atoms with Gasteiger partial charge < -0.3 is 10.2 Å². The average molecular weight is 464 g/mol. The normalized spacial score (nSPS) is 18.3. The SMILES string of the molecule is CCN(CC)CC1CCCCN1CCCC(=O)N1c2cc(C)ccc2C(=O)Nc2cccnc21. The van der Waals surface area contributed by atoms with Crippen molar-refractivity contribution in [2.75, 3.05) is 42.9 Å². The first-order chi connectivity index (χ1) is 16.5. The Kier molecular flexibility index (Phi) is 7.95. The molecule has 1 fully saturated rings. The molecule has 1 atom stereocenters. The van der Waals surface area contributed by atoms with Crippen LogP contribution in [0.4, 0.5) is 17.2 Å². The van der Waals surface area contributed by atoms with Crippen LogP contribution in [0.5, 0.6) is 0 Å². The van der Waals surface area contributed by atoms with E-state index in [0.29, 0.717) is 35.2 Å². The molecule has 7 heteroatoms. The van der Waals surface area contributed by atoms with Gasteiger partial charge in [0, 0.05) is 25.2 Å². The highest BCUT2D eigenvalue weighted by Gasteiger charge is 2.31. The van der Waals surface area contributed by atoms with E-state index in [0.717, 1.165) is 44.7 Å². The van der Waals surface area contributed by atoms with Crippen molar-refractivity contribution >= 4 is 29.0 Å². The molecule has 1 unspecified atom stereocenters. The predicted octanol–water partition coefficient (Wildman–Crippen LogP) is 4.60. The molecule has 2 aliphatic rings. The Labute approximate surface area is 203 Å². The second kappa shape index (κ2) is 11.1. The van der Waals surface area contributed by atoms with Crippen molar-refractivity contribution in [2.45, 2.75) is 58.9 Å². The number of aromatic nitrogens is 1. The Morgan fingerprint density at radius 1 is 1.21 bits per heavy atom. The summed E-state index contributed by atoms with van der Waals surface area (Å²) in [5, 5.41) is 2.92. The van der Waals surface area contributed by atoms with Crippen molar-refractivity contribution in [1.82, 2.24) is 14.8 Å². The van der Waals surface area contributed by atoms with Crippen molar-refractivity contribution in [3.63, 3.8) is 0 Å². The topological polar surface area (TPSA) is 68.8 Å². The number of likely N-dealkylation sites (N-methyl/N-ethyl adjacent to an activating group) is 1. The summed E-state index contributed by atoms with van der Waals surface area (Å²) < 4.78 is 0. The fourth-order valence-corrected chi connectivity index (χ4v) is 5.13. The third-order valence-electron chi connectivity index (χ3n) is 7.08. The van der Waals surface area contributed by atoms with E-state index < -0.39 is 0 Å². The van der Waals surface area contributed by atoms with Crippen LogP contribution < -0.4 is 10.2 Å². The molecule has 1 saturated heterocycles. The highest BCUT2D eigenvalue weighted by atomic mass is 16.2. The molecule has 0 spiro atoms. The largest absolute Gasteiger partial charge is 0.319 e. The predicted molar refractivity (Wildman–Crippen MR) is 137 cm³/mol. The maximum atomic E-state index is 13.6. The summed E-state index contributed by atoms with van der Waals surface area (Å²) in [7, 11) is 0. The monoisotopic (exact) mass is 463 g/mol. The second-order valence-corrected chi connectivity index (χ2v) is 9.35. The van der Waals surface area contributed by atoms with Crippen molar-refractivity contribution in [3.8, 4) is 0 Å². The minimum atomic E-state index is -0.216. The first-order valence-electron chi connectivity index (χ1n) is 12.7. The Bertz CT molecular complexity index is 1020. The van der Waals surface area contributed by atoms with Crippen LogP contribution in [0.3, 0.4) is 0 Å². The van der Waals surface area contributed by atoms with Crippen LogP contribution in [0.15, 0.2) is 36.5 Å². The molecule has 2 aromatic rings. The van der Waals surface area contributed by atoms with E-state index in [1.54, 1.807) is 29.3 Å². The van der Waals surface area contributed by atoms with Gasteiger partial charge in [-0.2, -0.15) is 0 Å². The molecule has 7 nitrogen and oxygen atoms in total. The maximum absolute atomic E-state index is 13.6. The van der Waals surface area contributed by atoms with Gasteiger partial charge in [0.25, 0.3) is 5.91 Å². The number of aryl methyl sites for hydroxylation is 1. The molecule has 2 amide bonds. The zero-order chi connectivity index (χ0) is 24.1. The van der Waals surface area contributed by atoms with E-state index >= 15 is 0 Å². The number of pyridine rings is 1. The zero-order valence-corrected chi connectivity index (χ0v) is 20.7. The standard InChI is InChI=1S/C27H37N5O2/c1-4-30(5-2)19-21-10-6-7-16-31(21)17-9-12-25(33)32-24-18-20(3)13-14-22(24)27(34)29-23-11-8-15-28-26(23)32/h8,11,13-15,18,21H,4-7,9-10,12,16-17,19H2,1-3H3,(H,29,34). The van der Waals surface area contributed by atoms with Gasteiger partial charge in [-0.1, -0.05) is 26.3 Å². The minimum absolute atomic E-state index is 0.0272. The molecular weight excluding hydrogens is 426 g/mol. The number of fused-ring (bicyclic) bond motifs is 2. The minimum Gasteiger partial charge on any atom is -0.319 e. The summed E-state index contributed by atoms with van der Waals surface area (Å²) in [6, 6.07) is 9.73. The molecule has 0 radical (unpaired) electrons. The number of carbonyl (C=O) groups excluding carboxylic acids is 2. The molecule has 3 heterocycles. The van der Waals surface area contributed by atoms with Crippen molar-refractivity contribution in [3.05, 3.63) is 47.7 Å². The van der Waals surface area contributed by atoms with Gasteiger partial charge >= 0.3 is 0 Å². The highest BCUT2D eigenvalue weighted by molar-refractivity contribution is 6.17.